The molecule has 2 heteroatoms. The van der Waals surface area contributed by atoms with Gasteiger partial charge in [-0.25, -0.2) is 4.39 Å². The Bertz CT molecular complexity index is 28.5. The molecular formula is C4H8FO. The average Bonchev–Trinajstić information content (AvgIpc) is 1.36. The number of hydrogen-bond donors (Lipinski definition) is 1. The van der Waals surface area contributed by atoms with Gasteiger partial charge in [0, 0.05) is 0 Å². The zero-order chi connectivity index (χ0) is 5.15. The van der Waals surface area contributed by atoms with E-state index in [1.807, 2.05) is 0 Å². The van der Waals surface area contributed by atoms with E-state index in [-0.39, 0.29) is 0 Å². The summed E-state index contributed by atoms with van der Waals surface area (Å²) >= 11 is 0. The summed E-state index contributed by atoms with van der Waals surface area (Å²) in [6, 6.07) is 0. The van der Waals surface area contributed by atoms with Crippen molar-refractivity contribution in [2.45, 2.75) is 19.2 Å². The molecule has 0 aromatic heterocycles. The third-order valence-electron chi connectivity index (χ3n) is 0.523. The minimum Gasteiger partial charge on any atom is -0.390 e. The fraction of sp³-hybridized carbons (Fsp3) is 0.750. The molecule has 0 heterocycles. The Balaban J connectivity index is 2.99. The van der Waals surface area contributed by atoms with Gasteiger partial charge in [0.05, 0.1) is 6.10 Å². The lowest BCUT2D eigenvalue weighted by Crippen LogP contribution is -2.12. The second-order valence-corrected chi connectivity index (χ2v) is 1.26. The van der Waals surface area contributed by atoms with Gasteiger partial charge in [0.15, 0.2) is 0 Å². The van der Waals surface area contributed by atoms with Crippen molar-refractivity contribution in [1.29, 1.82) is 0 Å². The highest BCUT2D eigenvalue weighted by atomic mass is 19.1. The van der Waals surface area contributed by atoms with Gasteiger partial charge in [0.1, 0.15) is 6.17 Å². The van der Waals surface area contributed by atoms with Gasteiger partial charge in [-0.2, -0.15) is 0 Å². The van der Waals surface area contributed by atoms with E-state index < -0.39 is 12.3 Å². The molecular weight excluding hydrogens is 83.0 g/mol. The molecule has 2 unspecified atom stereocenters. The molecule has 1 radical (unpaired) electrons. The molecule has 2 atom stereocenters. The lowest BCUT2D eigenvalue weighted by Gasteiger charge is -2.00. The van der Waals surface area contributed by atoms with Crippen LogP contribution in [0.25, 0.3) is 0 Å². The third kappa shape index (κ3) is 2.15. The van der Waals surface area contributed by atoms with Crippen LogP contribution in [0.5, 0.6) is 0 Å². The zero-order valence-electron chi connectivity index (χ0n) is 3.69. The monoisotopic (exact) mass is 91.1 g/mol. The van der Waals surface area contributed by atoms with Gasteiger partial charge in [-0.15, -0.1) is 0 Å². The zero-order valence-corrected chi connectivity index (χ0v) is 3.69. The minimum absolute atomic E-state index is 0.926. The number of halogens is 1. The van der Waals surface area contributed by atoms with Crippen molar-refractivity contribution in [3.63, 3.8) is 0 Å². The first-order valence-corrected chi connectivity index (χ1v) is 1.80. The van der Waals surface area contributed by atoms with Crippen LogP contribution in [0.15, 0.2) is 0 Å². The van der Waals surface area contributed by atoms with Crippen molar-refractivity contribution in [3.05, 3.63) is 6.92 Å². The van der Waals surface area contributed by atoms with Gasteiger partial charge >= 0.3 is 0 Å². The SMILES string of the molecule is [CH2]C(F)C(C)O. The first-order chi connectivity index (χ1) is 2.64. The summed E-state index contributed by atoms with van der Waals surface area (Å²) in [5.41, 5.74) is 0. The smallest absolute Gasteiger partial charge is 0.126 e. The minimum atomic E-state index is -1.34. The highest BCUT2D eigenvalue weighted by Gasteiger charge is 2.02. The molecule has 1 nitrogen and oxygen atoms in total. The molecule has 0 aliphatic carbocycles. The maximum Gasteiger partial charge on any atom is 0.126 e. The summed E-state index contributed by atoms with van der Waals surface area (Å²) in [5, 5.41) is 8.19. The van der Waals surface area contributed by atoms with Crippen LogP contribution < -0.4 is 0 Å². The largest absolute Gasteiger partial charge is 0.390 e. The van der Waals surface area contributed by atoms with Crippen LogP contribution in [0.4, 0.5) is 4.39 Å². The van der Waals surface area contributed by atoms with Crippen molar-refractivity contribution in [2.75, 3.05) is 0 Å². The molecule has 0 rings (SSSR count). The molecule has 0 fully saturated rings. The van der Waals surface area contributed by atoms with Crippen LogP contribution in [0.1, 0.15) is 6.92 Å². The van der Waals surface area contributed by atoms with Crippen molar-refractivity contribution < 1.29 is 9.50 Å². The highest BCUT2D eigenvalue weighted by molar-refractivity contribution is 4.62. The summed E-state index contributed by atoms with van der Waals surface area (Å²) in [5.74, 6) is 0. The number of aliphatic hydroxyl groups excluding tert-OH is 1. The number of alkyl halides is 1. The van der Waals surface area contributed by atoms with Crippen LogP contribution >= 0.6 is 0 Å². The summed E-state index contributed by atoms with van der Waals surface area (Å²) in [6.45, 7) is 4.28. The molecule has 0 saturated heterocycles. The molecule has 0 aliphatic rings. The molecule has 1 N–H and O–H groups in total. The van der Waals surface area contributed by atoms with Crippen LogP contribution in [-0.2, 0) is 0 Å². The first kappa shape index (κ1) is 5.89. The molecule has 0 amide bonds. The molecule has 37 valence electrons. The molecule has 0 bridgehead atoms. The van der Waals surface area contributed by atoms with E-state index in [2.05, 4.69) is 6.92 Å². The van der Waals surface area contributed by atoms with Gasteiger partial charge in [-0.05, 0) is 13.8 Å². The maximum absolute atomic E-state index is 11.5. The van der Waals surface area contributed by atoms with E-state index in [1.165, 1.54) is 6.92 Å². The second-order valence-electron chi connectivity index (χ2n) is 1.26. The third-order valence-corrected chi connectivity index (χ3v) is 0.523. The number of hydrogen-bond acceptors (Lipinski definition) is 1. The Morgan fingerprint density at radius 3 is 2.00 bits per heavy atom. The van der Waals surface area contributed by atoms with Crippen molar-refractivity contribution in [3.8, 4) is 0 Å². The highest BCUT2D eigenvalue weighted by Crippen LogP contribution is 1.92. The predicted octanol–water partition coefficient (Wildman–Crippen LogP) is 0.539. The fourth-order valence-corrected chi connectivity index (χ4v) is 0. The standard InChI is InChI=1S/C4H8FO/c1-3(5)4(2)6/h3-4,6H,1H2,2H3. The average molecular weight is 91.1 g/mol. The Kier molecular flexibility index (Phi) is 2.09. The van der Waals surface area contributed by atoms with E-state index >= 15 is 0 Å². The van der Waals surface area contributed by atoms with Crippen LogP contribution in [0, 0.1) is 6.92 Å². The summed E-state index contributed by atoms with van der Waals surface area (Å²) < 4.78 is 11.5. The van der Waals surface area contributed by atoms with Gasteiger partial charge in [0.25, 0.3) is 0 Å². The normalized spacial score (nSPS) is 20.0. The Morgan fingerprint density at radius 2 is 2.00 bits per heavy atom. The Hall–Kier alpha value is -0.110. The number of aliphatic hydroxyl groups is 1. The molecule has 6 heavy (non-hydrogen) atoms. The lowest BCUT2D eigenvalue weighted by atomic mass is 10.3. The van der Waals surface area contributed by atoms with E-state index in [9.17, 15) is 4.39 Å². The topological polar surface area (TPSA) is 20.2 Å². The second kappa shape index (κ2) is 2.13. The van der Waals surface area contributed by atoms with Crippen LogP contribution in [0.2, 0.25) is 0 Å². The predicted molar refractivity (Wildman–Crippen MR) is 21.9 cm³/mol. The van der Waals surface area contributed by atoms with Gasteiger partial charge in [-0.1, -0.05) is 0 Å². The molecule has 0 aromatic carbocycles. The summed E-state index contributed by atoms with van der Waals surface area (Å²) in [4.78, 5) is 0. The number of rotatable bonds is 1. The van der Waals surface area contributed by atoms with E-state index in [4.69, 9.17) is 5.11 Å². The summed E-state index contributed by atoms with van der Waals surface area (Å²) in [7, 11) is 0. The Morgan fingerprint density at radius 1 is 1.83 bits per heavy atom. The molecule has 0 saturated carbocycles. The quantitative estimate of drug-likeness (QED) is 0.499. The van der Waals surface area contributed by atoms with Gasteiger partial charge in [-0.3, -0.25) is 0 Å². The molecule has 0 aromatic rings. The van der Waals surface area contributed by atoms with Crippen LogP contribution in [0.3, 0.4) is 0 Å². The molecule has 0 spiro atoms. The van der Waals surface area contributed by atoms with Crippen molar-refractivity contribution in [1.82, 2.24) is 0 Å². The maximum atomic E-state index is 11.5. The van der Waals surface area contributed by atoms with E-state index in [0.29, 0.717) is 0 Å². The fourth-order valence-electron chi connectivity index (χ4n) is 0. The van der Waals surface area contributed by atoms with Crippen molar-refractivity contribution in [2.24, 2.45) is 0 Å². The van der Waals surface area contributed by atoms with Crippen LogP contribution in [-0.4, -0.2) is 17.4 Å². The lowest BCUT2D eigenvalue weighted by molar-refractivity contribution is 0.118. The molecule has 0 aliphatic heterocycles. The van der Waals surface area contributed by atoms with Gasteiger partial charge in [0.2, 0.25) is 0 Å². The van der Waals surface area contributed by atoms with Gasteiger partial charge < -0.3 is 5.11 Å². The Labute approximate surface area is 36.8 Å². The van der Waals surface area contributed by atoms with E-state index in [0.717, 1.165) is 0 Å². The first-order valence-electron chi connectivity index (χ1n) is 1.80. The summed E-state index contributed by atoms with van der Waals surface area (Å²) in [6.07, 6.45) is -2.27. The van der Waals surface area contributed by atoms with Crippen molar-refractivity contribution >= 4 is 0 Å². The van der Waals surface area contributed by atoms with E-state index in [1.54, 1.807) is 0 Å².